The fraction of sp³-hybridized carbons (Fsp3) is 0.231. The molecule has 0 aliphatic heterocycles. The van der Waals surface area contributed by atoms with Gasteiger partial charge in [-0.1, -0.05) is 23.2 Å². The molecule has 0 saturated carbocycles. The molecule has 2 rings (SSSR count). The maximum Gasteiger partial charge on any atom is 0.332 e. The van der Waals surface area contributed by atoms with Crippen LogP contribution in [-0.2, 0) is 16.0 Å². The zero-order valence-electron chi connectivity index (χ0n) is 9.74. The van der Waals surface area contributed by atoms with Crippen molar-refractivity contribution in [1.82, 2.24) is 0 Å². The van der Waals surface area contributed by atoms with E-state index in [4.69, 9.17) is 28.3 Å². The van der Waals surface area contributed by atoms with Crippen molar-refractivity contribution in [1.29, 1.82) is 0 Å². The molecule has 0 heterocycles. The van der Waals surface area contributed by atoms with E-state index in [0.717, 1.165) is 5.56 Å². The minimum atomic E-state index is -1.05. The van der Waals surface area contributed by atoms with Crippen LogP contribution in [0.25, 0.3) is 5.57 Å². The summed E-state index contributed by atoms with van der Waals surface area (Å²) in [5.74, 6) is -2.03. The average molecular weight is 301 g/mol. The Bertz CT molecular complexity index is 605. The second-order valence-electron chi connectivity index (χ2n) is 4.25. The Labute approximate surface area is 119 Å². The fourth-order valence-corrected chi connectivity index (χ4v) is 2.91. The summed E-state index contributed by atoms with van der Waals surface area (Å²) in [6, 6.07) is 3.20. The number of carbonyl (C=O) groups is 2. The van der Waals surface area contributed by atoms with Gasteiger partial charge in [0.05, 0.1) is 0 Å². The van der Waals surface area contributed by atoms with Gasteiger partial charge in [-0.15, -0.1) is 0 Å². The molecule has 19 heavy (non-hydrogen) atoms. The Balaban J connectivity index is 2.49. The molecule has 0 unspecified atom stereocenters. The molecule has 1 aromatic carbocycles. The summed E-state index contributed by atoms with van der Waals surface area (Å²) >= 11 is 12.0. The minimum absolute atomic E-state index is 0.134. The highest BCUT2D eigenvalue weighted by molar-refractivity contribution is 6.36. The van der Waals surface area contributed by atoms with Gasteiger partial charge in [-0.2, -0.15) is 0 Å². The molecule has 4 nitrogen and oxygen atoms in total. The molecule has 0 bridgehead atoms. The van der Waals surface area contributed by atoms with E-state index in [1.807, 2.05) is 0 Å². The number of carboxylic acids is 2. The lowest BCUT2D eigenvalue weighted by molar-refractivity contribution is -0.137. The van der Waals surface area contributed by atoms with Gasteiger partial charge in [0.25, 0.3) is 0 Å². The van der Waals surface area contributed by atoms with Gasteiger partial charge in [-0.25, -0.2) is 4.79 Å². The summed E-state index contributed by atoms with van der Waals surface area (Å²) in [5, 5.41) is 18.7. The normalized spacial score (nSPS) is 13.6. The van der Waals surface area contributed by atoms with Gasteiger partial charge < -0.3 is 10.2 Å². The van der Waals surface area contributed by atoms with Gasteiger partial charge in [0.1, 0.15) is 0 Å². The molecule has 1 aromatic rings. The van der Waals surface area contributed by atoms with Crippen molar-refractivity contribution in [2.45, 2.75) is 19.3 Å². The third kappa shape index (κ3) is 2.74. The molecule has 0 fully saturated rings. The molecular formula is C13H10Cl2O4. The molecule has 1 aliphatic carbocycles. The van der Waals surface area contributed by atoms with E-state index in [2.05, 4.69) is 0 Å². The summed E-state index contributed by atoms with van der Waals surface area (Å²) in [7, 11) is 0. The monoisotopic (exact) mass is 300 g/mol. The maximum absolute atomic E-state index is 11.2. The predicted octanol–water partition coefficient (Wildman–Crippen LogP) is 3.25. The van der Waals surface area contributed by atoms with Crippen molar-refractivity contribution in [2.75, 3.05) is 0 Å². The SMILES string of the molecule is O=C(O)CCC1=C(C(=O)O)Cc2cc(Cl)cc(Cl)c21. The fourth-order valence-electron chi connectivity index (χ4n) is 2.26. The van der Waals surface area contributed by atoms with Crippen LogP contribution in [0.4, 0.5) is 0 Å². The highest BCUT2D eigenvalue weighted by Gasteiger charge is 2.28. The van der Waals surface area contributed by atoms with Crippen molar-refractivity contribution in [3.05, 3.63) is 38.9 Å². The second kappa shape index (κ2) is 5.23. The number of hydrogen-bond donors (Lipinski definition) is 2. The van der Waals surface area contributed by atoms with Crippen LogP contribution in [-0.4, -0.2) is 22.2 Å². The van der Waals surface area contributed by atoms with Crippen molar-refractivity contribution < 1.29 is 19.8 Å². The minimum Gasteiger partial charge on any atom is -0.481 e. The van der Waals surface area contributed by atoms with Crippen LogP contribution < -0.4 is 0 Å². The first kappa shape index (κ1) is 13.9. The van der Waals surface area contributed by atoms with E-state index < -0.39 is 11.9 Å². The van der Waals surface area contributed by atoms with Gasteiger partial charge >= 0.3 is 11.9 Å². The number of fused-ring (bicyclic) bond motifs is 1. The van der Waals surface area contributed by atoms with Crippen molar-refractivity contribution in [3.8, 4) is 0 Å². The van der Waals surface area contributed by atoms with E-state index in [9.17, 15) is 14.7 Å². The van der Waals surface area contributed by atoms with Gasteiger partial charge in [-0.05, 0) is 29.7 Å². The largest absolute Gasteiger partial charge is 0.481 e. The quantitative estimate of drug-likeness (QED) is 0.895. The lowest BCUT2D eigenvalue weighted by atomic mass is 10.0. The highest BCUT2D eigenvalue weighted by Crippen LogP contribution is 2.41. The molecule has 0 amide bonds. The van der Waals surface area contributed by atoms with Crippen LogP contribution in [0.5, 0.6) is 0 Å². The van der Waals surface area contributed by atoms with Crippen molar-refractivity contribution >= 4 is 40.7 Å². The molecule has 0 atom stereocenters. The standard InChI is InChI=1S/C13H10Cl2O4/c14-7-3-6-4-9(13(18)19)8(1-2-11(16)17)12(6)10(15)5-7/h3,5H,1-2,4H2,(H,16,17)(H,18,19). The number of hydrogen-bond acceptors (Lipinski definition) is 2. The second-order valence-corrected chi connectivity index (χ2v) is 5.10. The molecule has 0 aromatic heterocycles. The van der Waals surface area contributed by atoms with Crippen LogP contribution in [0.1, 0.15) is 24.0 Å². The van der Waals surface area contributed by atoms with Crippen LogP contribution in [0.2, 0.25) is 10.0 Å². The Morgan fingerprint density at radius 1 is 1.21 bits per heavy atom. The molecule has 0 radical (unpaired) electrons. The first-order valence-electron chi connectivity index (χ1n) is 5.55. The molecule has 6 heteroatoms. The first-order chi connectivity index (χ1) is 8.90. The first-order valence-corrected chi connectivity index (χ1v) is 6.31. The summed E-state index contributed by atoms with van der Waals surface area (Å²) in [5.41, 5.74) is 2.03. The van der Waals surface area contributed by atoms with E-state index >= 15 is 0 Å². The van der Waals surface area contributed by atoms with Crippen molar-refractivity contribution in [2.24, 2.45) is 0 Å². The van der Waals surface area contributed by atoms with E-state index in [0.29, 0.717) is 21.2 Å². The topological polar surface area (TPSA) is 74.6 Å². The van der Waals surface area contributed by atoms with Crippen LogP contribution in [0, 0.1) is 0 Å². The Hall–Kier alpha value is -1.52. The molecule has 2 N–H and O–H groups in total. The smallest absolute Gasteiger partial charge is 0.332 e. The van der Waals surface area contributed by atoms with Crippen LogP contribution >= 0.6 is 23.2 Å². The van der Waals surface area contributed by atoms with Crippen LogP contribution in [0.15, 0.2) is 17.7 Å². The number of benzene rings is 1. The summed E-state index contributed by atoms with van der Waals surface area (Å²) in [6.45, 7) is 0. The van der Waals surface area contributed by atoms with E-state index in [1.54, 1.807) is 6.07 Å². The molecule has 100 valence electrons. The number of carboxylic acid groups (broad SMARTS) is 2. The van der Waals surface area contributed by atoms with Crippen LogP contribution in [0.3, 0.4) is 0 Å². The van der Waals surface area contributed by atoms with Gasteiger partial charge in [0.2, 0.25) is 0 Å². The summed E-state index contributed by atoms with van der Waals surface area (Å²) in [4.78, 5) is 21.9. The lowest BCUT2D eigenvalue weighted by Crippen LogP contribution is -2.03. The highest BCUT2D eigenvalue weighted by atomic mass is 35.5. The molecule has 1 aliphatic rings. The third-order valence-electron chi connectivity index (χ3n) is 3.02. The van der Waals surface area contributed by atoms with Gasteiger partial charge in [0, 0.05) is 34.0 Å². The molecule has 0 spiro atoms. The zero-order chi connectivity index (χ0) is 14.2. The van der Waals surface area contributed by atoms with E-state index in [-0.39, 0.29) is 24.8 Å². The summed E-state index contributed by atoms with van der Waals surface area (Å²) < 4.78 is 0. The molecule has 0 saturated heterocycles. The third-order valence-corrected chi connectivity index (χ3v) is 3.53. The molecular weight excluding hydrogens is 291 g/mol. The number of allylic oxidation sites excluding steroid dienone is 1. The lowest BCUT2D eigenvalue weighted by Gasteiger charge is -2.08. The maximum atomic E-state index is 11.2. The van der Waals surface area contributed by atoms with Gasteiger partial charge in [-0.3, -0.25) is 4.79 Å². The Kier molecular flexibility index (Phi) is 3.83. The van der Waals surface area contributed by atoms with E-state index in [1.165, 1.54) is 6.07 Å². The predicted molar refractivity (Wildman–Crippen MR) is 71.6 cm³/mol. The van der Waals surface area contributed by atoms with Crippen molar-refractivity contribution in [3.63, 3.8) is 0 Å². The van der Waals surface area contributed by atoms with Gasteiger partial charge in [0.15, 0.2) is 0 Å². The number of aliphatic carboxylic acids is 2. The summed E-state index contributed by atoms with van der Waals surface area (Å²) in [6.07, 6.45) is 0.232. The number of halogens is 2. The zero-order valence-corrected chi connectivity index (χ0v) is 11.3. The Morgan fingerprint density at radius 3 is 2.47 bits per heavy atom. The average Bonchev–Trinajstić information content (AvgIpc) is 2.64. The Morgan fingerprint density at radius 2 is 1.89 bits per heavy atom. The number of rotatable bonds is 4.